The van der Waals surface area contributed by atoms with E-state index in [0.717, 1.165) is 18.7 Å². The highest BCUT2D eigenvalue weighted by Crippen LogP contribution is 2.22. The van der Waals surface area contributed by atoms with Crippen LogP contribution in [0.15, 0.2) is 30.3 Å². The van der Waals surface area contributed by atoms with Crippen molar-refractivity contribution in [1.82, 2.24) is 14.9 Å². The zero-order valence-corrected chi connectivity index (χ0v) is 14.0. The number of halogens is 1. The number of anilines is 3. The van der Waals surface area contributed by atoms with Gasteiger partial charge in [0, 0.05) is 44.9 Å². The standard InChI is InChI=1S/C17H23FN6O/c18-13-3-1-12(2-4-13)10-23-6-7-24(11-14(23)5-8-25)16-9-15(19)21-17(20)22-16/h1-4,9,14,25H,5-8,10-11H2,(H4,19,20,21,22). The lowest BCUT2D eigenvalue weighted by Crippen LogP contribution is -2.53. The number of hydrogen-bond donors (Lipinski definition) is 3. The molecule has 0 amide bonds. The van der Waals surface area contributed by atoms with Crippen LogP contribution < -0.4 is 16.4 Å². The molecule has 1 aliphatic rings. The van der Waals surface area contributed by atoms with E-state index < -0.39 is 0 Å². The highest BCUT2D eigenvalue weighted by Gasteiger charge is 2.27. The van der Waals surface area contributed by atoms with E-state index in [9.17, 15) is 9.50 Å². The van der Waals surface area contributed by atoms with Crippen molar-refractivity contribution in [3.63, 3.8) is 0 Å². The van der Waals surface area contributed by atoms with Gasteiger partial charge in [-0.15, -0.1) is 0 Å². The molecular formula is C17H23FN6O. The summed E-state index contributed by atoms with van der Waals surface area (Å²) in [6, 6.07) is 8.40. The summed E-state index contributed by atoms with van der Waals surface area (Å²) in [4.78, 5) is 12.6. The Morgan fingerprint density at radius 3 is 2.60 bits per heavy atom. The second-order valence-corrected chi connectivity index (χ2v) is 6.22. The Morgan fingerprint density at radius 2 is 1.92 bits per heavy atom. The smallest absolute Gasteiger partial charge is 0.223 e. The van der Waals surface area contributed by atoms with Gasteiger partial charge in [-0.25, -0.2) is 4.39 Å². The van der Waals surface area contributed by atoms with Crippen LogP contribution in [0, 0.1) is 5.82 Å². The molecule has 5 N–H and O–H groups in total. The maximum absolute atomic E-state index is 13.1. The summed E-state index contributed by atoms with van der Waals surface area (Å²) in [7, 11) is 0. The molecule has 1 saturated heterocycles. The maximum Gasteiger partial charge on any atom is 0.223 e. The van der Waals surface area contributed by atoms with Gasteiger partial charge < -0.3 is 21.5 Å². The number of nitrogens with two attached hydrogens (primary N) is 2. The number of hydrogen-bond acceptors (Lipinski definition) is 7. The first-order valence-electron chi connectivity index (χ1n) is 8.29. The third kappa shape index (κ3) is 4.34. The van der Waals surface area contributed by atoms with E-state index in [4.69, 9.17) is 11.5 Å². The highest BCUT2D eigenvalue weighted by atomic mass is 19.1. The Morgan fingerprint density at radius 1 is 1.16 bits per heavy atom. The van der Waals surface area contributed by atoms with Gasteiger partial charge in [-0.3, -0.25) is 4.90 Å². The van der Waals surface area contributed by atoms with E-state index >= 15 is 0 Å². The van der Waals surface area contributed by atoms with Crippen LogP contribution in [0.25, 0.3) is 0 Å². The van der Waals surface area contributed by atoms with Crippen molar-refractivity contribution in [1.29, 1.82) is 0 Å². The molecule has 2 aromatic rings. The van der Waals surface area contributed by atoms with Crippen LogP contribution >= 0.6 is 0 Å². The second-order valence-electron chi connectivity index (χ2n) is 6.22. The lowest BCUT2D eigenvalue weighted by atomic mass is 10.1. The van der Waals surface area contributed by atoms with E-state index in [-0.39, 0.29) is 24.4 Å². The predicted octanol–water partition coefficient (Wildman–Crippen LogP) is 0.853. The van der Waals surface area contributed by atoms with E-state index in [1.807, 2.05) is 0 Å². The fraction of sp³-hybridized carbons (Fsp3) is 0.412. The number of benzene rings is 1. The molecular weight excluding hydrogens is 323 g/mol. The molecule has 7 nitrogen and oxygen atoms in total. The van der Waals surface area contributed by atoms with Crippen LogP contribution in [0.5, 0.6) is 0 Å². The average Bonchev–Trinajstić information content (AvgIpc) is 2.58. The van der Waals surface area contributed by atoms with E-state index in [1.54, 1.807) is 18.2 Å². The van der Waals surface area contributed by atoms with Crippen LogP contribution in [-0.4, -0.2) is 52.3 Å². The largest absolute Gasteiger partial charge is 0.396 e. The number of piperazine rings is 1. The molecule has 1 unspecified atom stereocenters. The van der Waals surface area contributed by atoms with Gasteiger partial charge in [-0.1, -0.05) is 12.1 Å². The molecule has 1 atom stereocenters. The molecule has 0 radical (unpaired) electrons. The van der Waals surface area contributed by atoms with Crippen molar-refractivity contribution in [2.75, 3.05) is 42.6 Å². The number of rotatable bonds is 5. The predicted molar refractivity (Wildman–Crippen MR) is 95.4 cm³/mol. The lowest BCUT2D eigenvalue weighted by molar-refractivity contribution is 0.135. The molecule has 25 heavy (non-hydrogen) atoms. The summed E-state index contributed by atoms with van der Waals surface area (Å²) in [5.74, 6) is 0.964. The molecule has 2 heterocycles. The van der Waals surface area contributed by atoms with E-state index in [2.05, 4.69) is 19.8 Å². The molecule has 0 saturated carbocycles. The SMILES string of the molecule is Nc1cc(N2CCN(Cc3ccc(F)cc3)C(CCO)C2)nc(N)n1. The van der Waals surface area contributed by atoms with Gasteiger partial charge in [0.25, 0.3) is 0 Å². The van der Waals surface area contributed by atoms with Gasteiger partial charge in [-0.2, -0.15) is 9.97 Å². The van der Waals surface area contributed by atoms with Gasteiger partial charge in [0.05, 0.1) is 0 Å². The van der Waals surface area contributed by atoms with Gasteiger partial charge in [0.15, 0.2) is 0 Å². The Bertz CT molecular complexity index is 691. The molecule has 0 aliphatic carbocycles. The van der Waals surface area contributed by atoms with Crippen molar-refractivity contribution in [3.8, 4) is 0 Å². The van der Waals surface area contributed by atoms with Crippen molar-refractivity contribution >= 4 is 17.6 Å². The summed E-state index contributed by atoms with van der Waals surface area (Å²) in [5, 5.41) is 9.42. The monoisotopic (exact) mass is 346 g/mol. The summed E-state index contributed by atoms with van der Waals surface area (Å²) >= 11 is 0. The molecule has 1 aliphatic heterocycles. The normalized spacial score (nSPS) is 18.5. The number of nitrogens with zero attached hydrogens (tertiary/aromatic N) is 4. The van der Waals surface area contributed by atoms with Gasteiger partial charge >= 0.3 is 0 Å². The first-order valence-corrected chi connectivity index (χ1v) is 8.29. The fourth-order valence-corrected chi connectivity index (χ4v) is 3.19. The minimum atomic E-state index is -0.237. The zero-order chi connectivity index (χ0) is 17.8. The Balaban J connectivity index is 1.72. The van der Waals surface area contributed by atoms with E-state index in [1.165, 1.54) is 12.1 Å². The molecule has 8 heteroatoms. The number of aromatic nitrogens is 2. The number of nitrogen functional groups attached to an aromatic ring is 2. The fourth-order valence-electron chi connectivity index (χ4n) is 3.19. The molecule has 1 fully saturated rings. The van der Waals surface area contributed by atoms with Crippen LogP contribution in [0.2, 0.25) is 0 Å². The molecule has 0 spiro atoms. The zero-order valence-electron chi connectivity index (χ0n) is 14.0. The number of aliphatic hydroxyl groups is 1. The summed E-state index contributed by atoms with van der Waals surface area (Å²) < 4.78 is 13.1. The molecule has 134 valence electrons. The molecule has 1 aromatic carbocycles. The highest BCUT2D eigenvalue weighted by molar-refractivity contribution is 5.50. The Labute approximate surface area is 146 Å². The molecule has 0 bridgehead atoms. The summed E-state index contributed by atoms with van der Waals surface area (Å²) in [6.45, 7) is 3.09. The first-order chi connectivity index (χ1) is 12.0. The number of aliphatic hydroxyl groups excluding tert-OH is 1. The van der Waals surface area contributed by atoms with Crippen LogP contribution in [0.3, 0.4) is 0 Å². The van der Waals surface area contributed by atoms with E-state index in [0.29, 0.717) is 31.1 Å². The van der Waals surface area contributed by atoms with Crippen LogP contribution in [0.1, 0.15) is 12.0 Å². The first kappa shape index (κ1) is 17.4. The third-order valence-electron chi connectivity index (χ3n) is 4.44. The van der Waals surface area contributed by atoms with Crippen molar-refractivity contribution in [2.24, 2.45) is 0 Å². The van der Waals surface area contributed by atoms with Crippen molar-refractivity contribution in [3.05, 3.63) is 41.7 Å². The molecule has 1 aromatic heterocycles. The van der Waals surface area contributed by atoms with Crippen LogP contribution in [0.4, 0.5) is 22.0 Å². The van der Waals surface area contributed by atoms with Crippen molar-refractivity contribution in [2.45, 2.75) is 19.0 Å². The summed E-state index contributed by atoms with van der Waals surface area (Å²) in [6.07, 6.45) is 0.647. The Kier molecular flexibility index (Phi) is 5.30. The minimum absolute atomic E-state index is 0.104. The Hall–Kier alpha value is -2.45. The maximum atomic E-state index is 13.1. The van der Waals surface area contributed by atoms with Crippen molar-refractivity contribution < 1.29 is 9.50 Å². The van der Waals surface area contributed by atoms with Gasteiger partial charge in [0.2, 0.25) is 5.95 Å². The third-order valence-corrected chi connectivity index (χ3v) is 4.44. The van der Waals surface area contributed by atoms with Gasteiger partial charge in [0.1, 0.15) is 17.5 Å². The second kappa shape index (κ2) is 7.62. The molecule has 3 rings (SSSR count). The quantitative estimate of drug-likeness (QED) is 0.737. The minimum Gasteiger partial charge on any atom is -0.396 e. The van der Waals surface area contributed by atoms with Gasteiger partial charge in [-0.05, 0) is 24.1 Å². The lowest BCUT2D eigenvalue weighted by Gasteiger charge is -2.42. The topological polar surface area (TPSA) is 105 Å². The average molecular weight is 346 g/mol. The van der Waals surface area contributed by atoms with Crippen LogP contribution in [-0.2, 0) is 6.54 Å². The summed E-state index contributed by atoms with van der Waals surface area (Å²) in [5.41, 5.74) is 12.5.